The van der Waals surface area contributed by atoms with Crippen LogP contribution in [-0.2, 0) is 13.2 Å². The van der Waals surface area contributed by atoms with Gasteiger partial charge in [-0.1, -0.05) is 53.1 Å². The molecular formula is C22H25Cl2NO. The third kappa shape index (κ3) is 6.05. The summed E-state index contributed by atoms with van der Waals surface area (Å²) >= 11 is 12.1. The first kappa shape index (κ1) is 19.3. The van der Waals surface area contributed by atoms with E-state index in [2.05, 4.69) is 23.5 Å². The number of halogens is 2. The Bertz CT molecular complexity index is 758. The highest BCUT2D eigenvalue weighted by atomic mass is 35.5. The molecule has 138 valence electrons. The van der Waals surface area contributed by atoms with Gasteiger partial charge < -0.3 is 10.1 Å². The van der Waals surface area contributed by atoms with E-state index in [4.69, 9.17) is 27.9 Å². The molecule has 0 aliphatic heterocycles. The maximum Gasteiger partial charge on any atom is 0.120 e. The van der Waals surface area contributed by atoms with Gasteiger partial charge in [0.05, 0.1) is 0 Å². The Morgan fingerprint density at radius 2 is 1.96 bits per heavy atom. The van der Waals surface area contributed by atoms with Crippen LogP contribution in [0.25, 0.3) is 0 Å². The van der Waals surface area contributed by atoms with Gasteiger partial charge in [-0.3, -0.25) is 0 Å². The van der Waals surface area contributed by atoms with Gasteiger partial charge in [-0.25, -0.2) is 0 Å². The molecule has 0 amide bonds. The predicted molar refractivity (Wildman–Crippen MR) is 110 cm³/mol. The number of benzene rings is 2. The Kier molecular flexibility index (Phi) is 7.43. The molecule has 0 fully saturated rings. The van der Waals surface area contributed by atoms with Gasteiger partial charge in [0.1, 0.15) is 12.4 Å². The number of nitrogens with one attached hydrogen (secondary N) is 1. The first-order chi connectivity index (χ1) is 12.7. The van der Waals surface area contributed by atoms with Crippen LogP contribution in [0, 0.1) is 0 Å². The Hall–Kier alpha value is -1.48. The molecule has 0 saturated carbocycles. The SMILES string of the molecule is Clc1ccc(COc2cccc(CNCCC3=CCCCC3)c2)c(Cl)c1. The quantitative estimate of drug-likeness (QED) is 0.408. The standard InChI is InChI=1S/C22H25Cl2NO/c23-20-10-9-19(22(24)14-20)16-26-21-8-4-7-18(13-21)15-25-12-11-17-5-2-1-3-6-17/h4-5,7-10,13-14,25H,1-3,6,11-12,15-16H2. The molecule has 2 aromatic carbocycles. The van der Waals surface area contributed by atoms with Gasteiger partial charge in [-0.15, -0.1) is 0 Å². The molecule has 0 radical (unpaired) electrons. The van der Waals surface area contributed by atoms with Crippen molar-refractivity contribution < 1.29 is 4.74 Å². The van der Waals surface area contributed by atoms with Crippen molar-refractivity contribution in [3.8, 4) is 5.75 Å². The van der Waals surface area contributed by atoms with Crippen molar-refractivity contribution in [1.82, 2.24) is 5.32 Å². The zero-order valence-electron chi connectivity index (χ0n) is 14.9. The lowest BCUT2D eigenvalue weighted by atomic mass is 9.97. The van der Waals surface area contributed by atoms with Crippen molar-refractivity contribution in [2.45, 2.75) is 45.3 Å². The van der Waals surface area contributed by atoms with E-state index < -0.39 is 0 Å². The number of ether oxygens (including phenoxy) is 1. The molecule has 0 aromatic heterocycles. The lowest BCUT2D eigenvalue weighted by Gasteiger charge is -2.13. The Balaban J connectivity index is 1.46. The van der Waals surface area contributed by atoms with Gasteiger partial charge in [-0.05, 0) is 68.5 Å². The lowest BCUT2D eigenvalue weighted by Crippen LogP contribution is -2.15. The fourth-order valence-electron chi connectivity index (χ4n) is 3.16. The summed E-state index contributed by atoms with van der Waals surface area (Å²) in [6, 6.07) is 13.7. The maximum atomic E-state index is 6.20. The summed E-state index contributed by atoms with van der Waals surface area (Å²) in [5, 5.41) is 4.80. The zero-order valence-corrected chi connectivity index (χ0v) is 16.5. The second-order valence-corrected chi connectivity index (χ2v) is 7.55. The van der Waals surface area contributed by atoms with Crippen molar-refractivity contribution >= 4 is 23.2 Å². The summed E-state index contributed by atoms with van der Waals surface area (Å²) in [5.74, 6) is 0.852. The minimum Gasteiger partial charge on any atom is -0.489 e. The highest BCUT2D eigenvalue weighted by Crippen LogP contribution is 2.23. The summed E-state index contributed by atoms with van der Waals surface area (Å²) in [6.45, 7) is 2.31. The summed E-state index contributed by atoms with van der Waals surface area (Å²) in [4.78, 5) is 0. The second kappa shape index (κ2) is 10.0. The summed E-state index contributed by atoms with van der Waals surface area (Å²) < 4.78 is 5.89. The van der Waals surface area contributed by atoms with Gasteiger partial charge in [0, 0.05) is 22.2 Å². The average Bonchev–Trinajstić information content (AvgIpc) is 2.66. The third-order valence-electron chi connectivity index (χ3n) is 4.64. The van der Waals surface area contributed by atoms with Gasteiger partial charge in [0.15, 0.2) is 0 Å². The van der Waals surface area contributed by atoms with Crippen molar-refractivity contribution in [3.05, 3.63) is 75.3 Å². The lowest BCUT2D eigenvalue weighted by molar-refractivity contribution is 0.306. The van der Waals surface area contributed by atoms with Crippen LogP contribution >= 0.6 is 23.2 Å². The van der Waals surface area contributed by atoms with Crippen LogP contribution in [0.3, 0.4) is 0 Å². The van der Waals surface area contributed by atoms with E-state index >= 15 is 0 Å². The smallest absolute Gasteiger partial charge is 0.120 e. The van der Waals surface area contributed by atoms with Gasteiger partial charge >= 0.3 is 0 Å². The molecule has 2 nitrogen and oxygen atoms in total. The first-order valence-electron chi connectivity index (χ1n) is 9.25. The predicted octanol–water partition coefficient (Wildman–Crippen LogP) is 6.55. The fraction of sp³-hybridized carbons (Fsp3) is 0.364. The molecule has 1 N–H and O–H groups in total. The largest absolute Gasteiger partial charge is 0.489 e. The van der Waals surface area contributed by atoms with Crippen molar-refractivity contribution in [1.29, 1.82) is 0 Å². The number of rotatable bonds is 8. The Morgan fingerprint density at radius 1 is 1.04 bits per heavy atom. The van der Waals surface area contributed by atoms with Gasteiger partial charge in [-0.2, -0.15) is 0 Å². The van der Waals surface area contributed by atoms with E-state index in [-0.39, 0.29) is 0 Å². The number of hydrogen-bond acceptors (Lipinski definition) is 2. The Morgan fingerprint density at radius 3 is 2.77 bits per heavy atom. The molecule has 3 rings (SSSR count). The average molecular weight is 390 g/mol. The van der Waals surface area contributed by atoms with Crippen molar-refractivity contribution in [3.63, 3.8) is 0 Å². The van der Waals surface area contributed by atoms with Crippen LogP contribution in [0.5, 0.6) is 5.75 Å². The van der Waals surface area contributed by atoms with Crippen LogP contribution in [0.4, 0.5) is 0 Å². The highest BCUT2D eigenvalue weighted by Gasteiger charge is 2.05. The third-order valence-corrected chi connectivity index (χ3v) is 5.23. The van der Waals surface area contributed by atoms with Crippen molar-refractivity contribution in [2.24, 2.45) is 0 Å². The molecule has 0 heterocycles. The van der Waals surface area contributed by atoms with Crippen LogP contribution in [-0.4, -0.2) is 6.54 Å². The molecular weight excluding hydrogens is 365 g/mol. The van der Waals surface area contributed by atoms with E-state index in [0.29, 0.717) is 16.7 Å². The minimum absolute atomic E-state index is 0.432. The highest BCUT2D eigenvalue weighted by molar-refractivity contribution is 6.35. The van der Waals surface area contributed by atoms with Gasteiger partial charge in [0.2, 0.25) is 0 Å². The molecule has 2 aromatic rings. The fourth-order valence-corrected chi connectivity index (χ4v) is 3.62. The normalized spacial score (nSPS) is 14.2. The molecule has 1 aliphatic rings. The maximum absolute atomic E-state index is 6.20. The summed E-state index contributed by atoms with van der Waals surface area (Å²) in [6.07, 6.45) is 8.81. The van der Waals surface area contributed by atoms with Crippen LogP contribution < -0.4 is 10.1 Å². The molecule has 0 atom stereocenters. The molecule has 4 heteroatoms. The van der Waals surface area contributed by atoms with E-state index in [1.165, 1.54) is 31.2 Å². The number of hydrogen-bond donors (Lipinski definition) is 1. The molecule has 1 aliphatic carbocycles. The zero-order chi connectivity index (χ0) is 18.2. The first-order valence-corrected chi connectivity index (χ1v) is 10.0. The number of allylic oxidation sites excluding steroid dienone is 1. The minimum atomic E-state index is 0.432. The molecule has 26 heavy (non-hydrogen) atoms. The van der Waals surface area contributed by atoms with Crippen LogP contribution in [0.1, 0.15) is 43.2 Å². The van der Waals surface area contributed by atoms with E-state index in [9.17, 15) is 0 Å². The molecule has 0 unspecified atom stereocenters. The monoisotopic (exact) mass is 389 g/mol. The van der Waals surface area contributed by atoms with Crippen molar-refractivity contribution in [2.75, 3.05) is 6.54 Å². The van der Waals surface area contributed by atoms with Gasteiger partial charge in [0.25, 0.3) is 0 Å². The summed E-state index contributed by atoms with van der Waals surface area (Å²) in [7, 11) is 0. The van der Waals surface area contributed by atoms with E-state index in [1.54, 1.807) is 11.6 Å². The molecule has 0 saturated heterocycles. The van der Waals surface area contributed by atoms with Crippen LogP contribution in [0.15, 0.2) is 54.1 Å². The van der Waals surface area contributed by atoms with E-state index in [1.807, 2.05) is 24.3 Å². The second-order valence-electron chi connectivity index (χ2n) is 6.71. The summed E-state index contributed by atoms with van der Waals surface area (Å²) in [5.41, 5.74) is 3.77. The molecule has 0 spiro atoms. The Labute approximate surface area is 166 Å². The molecule has 0 bridgehead atoms. The van der Waals surface area contributed by atoms with E-state index in [0.717, 1.165) is 30.8 Å². The van der Waals surface area contributed by atoms with Crippen LogP contribution in [0.2, 0.25) is 10.0 Å². The topological polar surface area (TPSA) is 21.3 Å².